The van der Waals surface area contributed by atoms with E-state index in [1.165, 1.54) is 36.2 Å². The van der Waals surface area contributed by atoms with Crippen LogP contribution in [0.4, 0.5) is 5.69 Å². The number of rotatable bonds is 4. The number of thiophene rings is 1. The van der Waals surface area contributed by atoms with Gasteiger partial charge in [0.25, 0.3) is 5.91 Å². The monoisotopic (exact) mass is 301 g/mol. The molecule has 4 nitrogen and oxygen atoms in total. The van der Waals surface area contributed by atoms with E-state index >= 15 is 0 Å². The summed E-state index contributed by atoms with van der Waals surface area (Å²) in [6.07, 6.45) is 6.82. The van der Waals surface area contributed by atoms with Crippen LogP contribution in [-0.4, -0.2) is 17.4 Å². The summed E-state index contributed by atoms with van der Waals surface area (Å²) in [6.45, 7) is 2.61. The number of fused-ring (bicyclic) bond motifs is 1. The Bertz CT molecular complexity index is 718. The molecule has 0 saturated carbocycles. The number of nitrogen functional groups attached to an aromatic ring is 1. The van der Waals surface area contributed by atoms with Crippen molar-refractivity contribution in [1.29, 1.82) is 0 Å². The molecule has 0 spiro atoms. The lowest BCUT2D eigenvalue weighted by Crippen LogP contribution is -2.24. The minimum absolute atomic E-state index is 0.0910. The van der Waals surface area contributed by atoms with Gasteiger partial charge in [0.2, 0.25) is 0 Å². The quantitative estimate of drug-likeness (QED) is 0.850. The topological polar surface area (TPSA) is 68.0 Å². The second kappa shape index (κ2) is 5.85. The summed E-state index contributed by atoms with van der Waals surface area (Å²) in [5, 5.41) is 3.83. The number of carbonyl (C=O) groups is 1. The van der Waals surface area contributed by atoms with Crippen molar-refractivity contribution >= 4 is 33.1 Å². The third kappa shape index (κ3) is 2.93. The van der Waals surface area contributed by atoms with Crippen molar-refractivity contribution in [3.05, 3.63) is 34.4 Å². The smallest absolute Gasteiger partial charge is 0.263 e. The summed E-state index contributed by atoms with van der Waals surface area (Å²) in [6, 6.07) is 3.85. The van der Waals surface area contributed by atoms with Gasteiger partial charge in [-0.3, -0.25) is 4.79 Å². The van der Waals surface area contributed by atoms with E-state index in [1.807, 2.05) is 19.1 Å². The van der Waals surface area contributed by atoms with E-state index in [0.29, 0.717) is 17.1 Å². The Morgan fingerprint density at radius 3 is 3.10 bits per heavy atom. The number of nitrogens with zero attached hydrogens (tertiary/aromatic N) is 1. The van der Waals surface area contributed by atoms with Gasteiger partial charge >= 0.3 is 0 Å². The van der Waals surface area contributed by atoms with Crippen molar-refractivity contribution in [3.63, 3.8) is 0 Å². The number of nitrogens with one attached hydrogen (secondary N) is 1. The Kier molecular flexibility index (Phi) is 3.92. The zero-order valence-corrected chi connectivity index (χ0v) is 12.9. The number of anilines is 1. The number of pyridine rings is 1. The van der Waals surface area contributed by atoms with Crippen LogP contribution < -0.4 is 11.1 Å². The van der Waals surface area contributed by atoms with E-state index in [4.69, 9.17) is 5.73 Å². The van der Waals surface area contributed by atoms with Gasteiger partial charge in [-0.1, -0.05) is 11.6 Å². The van der Waals surface area contributed by atoms with E-state index in [0.717, 1.165) is 22.3 Å². The van der Waals surface area contributed by atoms with Gasteiger partial charge in [-0.2, -0.15) is 0 Å². The Labute approximate surface area is 128 Å². The van der Waals surface area contributed by atoms with Crippen molar-refractivity contribution in [3.8, 4) is 0 Å². The first-order valence-corrected chi connectivity index (χ1v) is 8.08. The van der Waals surface area contributed by atoms with Crippen LogP contribution in [0.1, 0.15) is 41.0 Å². The molecule has 2 aromatic heterocycles. The third-order valence-corrected chi connectivity index (χ3v) is 4.92. The molecule has 1 aliphatic rings. The molecule has 0 aromatic carbocycles. The molecule has 0 fully saturated rings. The van der Waals surface area contributed by atoms with Gasteiger partial charge in [-0.25, -0.2) is 4.98 Å². The summed E-state index contributed by atoms with van der Waals surface area (Å²) in [7, 11) is 0. The Morgan fingerprint density at radius 1 is 1.48 bits per heavy atom. The highest BCUT2D eigenvalue weighted by Gasteiger charge is 2.17. The number of aryl methyl sites for hydroxylation is 1. The number of hydrogen-bond acceptors (Lipinski definition) is 4. The molecular weight excluding hydrogens is 282 g/mol. The normalized spacial score (nSPS) is 14.4. The van der Waals surface area contributed by atoms with Crippen LogP contribution in [0.15, 0.2) is 23.8 Å². The first-order chi connectivity index (χ1) is 10.1. The van der Waals surface area contributed by atoms with Gasteiger partial charge in [-0.05, 0) is 44.7 Å². The second-order valence-electron chi connectivity index (χ2n) is 5.41. The summed E-state index contributed by atoms with van der Waals surface area (Å²) in [5.41, 5.74) is 9.01. The Hall–Kier alpha value is -1.88. The maximum Gasteiger partial charge on any atom is 0.263 e. The predicted molar refractivity (Wildman–Crippen MR) is 87.7 cm³/mol. The van der Waals surface area contributed by atoms with Crippen molar-refractivity contribution in [1.82, 2.24) is 10.3 Å². The van der Waals surface area contributed by atoms with Gasteiger partial charge < -0.3 is 11.1 Å². The number of allylic oxidation sites excluding steroid dienone is 1. The minimum atomic E-state index is -0.0910. The summed E-state index contributed by atoms with van der Waals surface area (Å²) >= 11 is 1.37. The van der Waals surface area contributed by atoms with E-state index in [9.17, 15) is 4.79 Å². The van der Waals surface area contributed by atoms with Crippen molar-refractivity contribution in [2.45, 2.75) is 32.6 Å². The van der Waals surface area contributed by atoms with Gasteiger partial charge in [-0.15, -0.1) is 11.3 Å². The molecule has 0 saturated heterocycles. The Morgan fingerprint density at radius 2 is 2.33 bits per heavy atom. The molecule has 0 aliphatic heterocycles. The standard InChI is InChI=1S/C16H19N3OS/c1-10-6-7-12-13(17)14(21-16(12)19-10)15(20)18-9-8-11-4-2-3-5-11/h4,6-7H,2-3,5,8-9,17H2,1H3,(H,18,20). The second-order valence-corrected chi connectivity index (χ2v) is 6.41. The first kappa shape index (κ1) is 14.1. The molecular formula is C16H19N3OS. The van der Waals surface area contributed by atoms with Gasteiger partial charge in [0, 0.05) is 17.6 Å². The lowest BCUT2D eigenvalue weighted by atomic mass is 10.1. The van der Waals surface area contributed by atoms with Gasteiger partial charge in [0.15, 0.2) is 0 Å². The van der Waals surface area contributed by atoms with Crippen LogP contribution in [-0.2, 0) is 0 Å². The van der Waals surface area contributed by atoms with E-state index in [2.05, 4.69) is 16.4 Å². The maximum atomic E-state index is 12.3. The average Bonchev–Trinajstić information content (AvgIpc) is 3.07. The van der Waals surface area contributed by atoms with E-state index < -0.39 is 0 Å². The molecule has 21 heavy (non-hydrogen) atoms. The fourth-order valence-corrected chi connectivity index (χ4v) is 3.70. The fraction of sp³-hybridized carbons (Fsp3) is 0.375. The number of aromatic nitrogens is 1. The highest BCUT2D eigenvalue weighted by atomic mass is 32.1. The number of carbonyl (C=O) groups excluding carboxylic acids is 1. The molecule has 0 radical (unpaired) electrons. The lowest BCUT2D eigenvalue weighted by Gasteiger charge is -2.05. The molecule has 3 N–H and O–H groups in total. The average molecular weight is 301 g/mol. The molecule has 5 heteroatoms. The Balaban J connectivity index is 1.70. The van der Waals surface area contributed by atoms with E-state index in [1.54, 1.807) is 0 Å². The maximum absolute atomic E-state index is 12.3. The van der Waals surface area contributed by atoms with Crippen molar-refractivity contribution < 1.29 is 4.79 Å². The van der Waals surface area contributed by atoms with Crippen LogP contribution in [0, 0.1) is 6.92 Å². The molecule has 0 unspecified atom stereocenters. The molecule has 1 aliphatic carbocycles. The highest BCUT2D eigenvalue weighted by molar-refractivity contribution is 7.21. The summed E-state index contributed by atoms with van der Waals surface area (Å²) < 4.78 is 0. The van der Waals surface area contributed by atoms with Crippen LogP contribution in [0.2, 0.25) is 0 Å². The molecule has 0 bridgehead atoms. The molecule has 0 atom stereocenters. The minimum Gasteiger partial charge on any atom is -0.397 e. The molecule has 2 aromatic rings. The predicted octanol–water partition coefficient (Wildman–Crippen LogP) is 3.42. The lowest BCUT2D eigenvalue weighted by molar-refractivity contribution is 0.0959. The molecule has 2 heterocycles. The largest absolute Gasteiger partial charge is 0.397 e. The molecule has 1 amide bonds. The summed E-state index contributed by atoms with van der Waals surface area (Å²) in [4.78, 5) is 18.1. The molecule has 3 rings (SSSR count). The van der Waals surface area contributed by atoms with Crippen molar-refractivity contribution in [2.75, 3.05) is 12.3 Å². The van der Waals surface area contributed by atoms with Crippen molar-refractivity contribution in [2.24, 2.45) is 0 Å². The van der Waals surface area contributed by atoms with E-state index in [-0.39, 0.29) is 5.91 Å². The number of hydrogen-bond donors (Lipinski definition) is 2. The number of nitrogens with two attached hydrogens (primary N) is 1. The summed E-state index contributed by atoms with van der Waals surface area (Å²) in [5.74, 6) is -0.0910. The highest BCUT2D eigenvalue weighted by Crippen LogP contribution is 2.32. The molecule has 110 valence electrons. The SMILES string of the molecule is Cc1ccc2c(N)c(C(=O)NCCC3=CCCC3)sc2n1. The fourth-order valence-electron chi connectivity index (χ4n) is 2.64. The zero-order chi connectivity index (χ0) is 14.8. The van der Waals surface area contributed by atoms with Crippen LogP contribution in [0.25, 0.3) is 10.2 Å². The number of amides is 1. The van der Waals surface area contributed by atoms with Crippen LogP contribution in [0.5, 0.6) is 0 Å². The zero-order valence-electron chi connectivity index (χ0n) is 12.1. The van der Waals surface area contributed by atoms with Gasteiger partial charge in [0.05, 0.1) is 5.69 Å². The third-order valence-electron chi connectivity index (χ3n) is 3.81. The van der Waals surface area contributed by atoms with Gasteiger partial charge in [0.1, 0.15) is 9.71 Å². The van der Waals surface area contributed by atoms with Crippen LogP contribution >= 0.6 is 11.3 Å². The van der Waals surface area contributed by atoms with Crippen LogP contribution in [0.3, 0.4) is 0 Å². The first-order valence-electron chi connectivity index (χ1n) is 7.27.